The molecule has 0 bridgehead atoms. The van der Waals surface area contributed by atoms with Crippen LogP contribution in [0.3, 0.4) is 0 Å². The minimum Gasteiger partial charge on any atom is -0.493 e. The molecule has 3 rings (SSSR count). The van der Waals surface area contributed by atoms with Crippen LogP contribution in [0.2, 0.25) is 0 Å². The minimum absolute atomic E-state index is 0. The van der Waals surface area contributed by atoms with Gasteiger partial charge in [0.2, 0.25) is 0 Å². The minimum atomic E-state index is 0. The molecular weight excluding hydrogens is 272 g/mol. The molecule has 1 aromatic rings. The van der Waals surface area contributed by atoms with Gasteiger partial charge in [-0.3, -0.25) is 4.90 Å². The van der Waals surface area contributed by atoms with Gasteiger partial charge in [0.15, 0.2) is 0 Å². The smallest absolute Gasteiger partial charge is 0.119 e. The molecule has 0 radical (unpaired) electrons. The van der Waals surface area contributed by atoms with Gasteiger partial charge in [-0.2, -0.15) is 0 Å². The monoisotopic (exact) mass is 296 g/mol. The maximum Gasteiger partial charge on any atom is 0.119 e. The Morgan fingerprint density at radius 1 is 1.10 bits per heavy atom. The van der Waals surface area contributed by atoms with Gasteiger partial charge in [-0.15, -0.1) is 12.4 Å². The summed E-state index contributed by atoms with van der Waals surface area (Å²) in [7, 11) is 0. The lowest BCUT2D eigenvalue weighted by Gasteiger charge is -2.16. The van der Waals surface area contributed by atoms with Crippen LogP contribution in [0.15, 0.2) is 24.3 Å². The quantitative estimate of drug-likeness (QED) is 0.877. The van der Waals surface area contributed by atoms with Crippen molar-refractivity contribution in [2.45, 2.75) is 25.8 Å². The van der Waals surface area contributed by atoms with Crippen LogP contribution >= 0.6 is 12.4 Å². The molecule has 112 valence electrons. The van der Waals surface area contributed by atoms with E-state index in [9.17, 15) is 0 Å². The lowest BCUT2D eigenvalue weighted by Crippen LogP contribution is -2.22. The average molecular weight is 297 g/mol. The van der Waals surface area contributed by atoms with Crippen molar-refractivity contribution in [2.75, 3.05) is 26.2 Å². The molecule has 1 aromatic carbocycles. The summed E-state index contributed by atoms with van der Waals surface area (Å²) in [5.74, 6) is 2.52. The first-order chi connectivity index (χ1) is 9.33. The largest absolute Gasteiger partial charge is 0.493 e. The van der Waals surface area contributed by atoms with Gasteiger partial charge in [-0.05, 0) is 61.9 Å². The Hall–Kier alpha value is -0.770. The Labute approximate surface area is 127 Å². The van der Waals surface area contributed by atoms with E-state index < -0.39 is 0 Å². The Morgan fingerprint density at radius 3 is 2.45 bits per heavy atom. The number of hydrogen-bond donors (Lipinski definition) is 1. The second-order valence-corrected chi connectivity index (χ2v) is 6.02. The molecule has 4 heteroatoms. The number of benzene rings is 1. The highest BCUT2D eigenvalue weighted by atomic mass is 35.5. The Kier molecular flexibility index (Phi) is 5.70. The molecule has 1 heterocycles. The van der Waals surface area contributed by atoms with Gasteiger partial charge in [0, 0.05) is 13.1 Å². The summed E-state index contributed by atoms with van der Waals surface area (Å²) in [5.41, 5.74) is 7.10. The first kappa shape index (κ1) is 15.6. The van der Waals surface area contributed by atoms with E-state index in [1.807, 2.05) is 0 Å². The number of halogens is 1. The highest BCUT2D eigenvalue weighted by molar-refractivity contribution is 5.85. The first-order valence-corrected chi connectivity index (χ1v) is 7.47. The lowest BCUT2D eigenvalue weighted by atomic mass is 10.1. The normalized spacial score (nSPS) is 22.6. The van der Waals surface area contributed by atoms with Crippen molar-refractivity contribution < 1.29 is 4.74 Å². The first-order valence-electron chi connectivity index (χ1n) is 7.47. The standard InChI is InChI=1S/C16H24N2O.ClH/c17-9-15-7-8-18(11-15)10-13-3-5-16(6-4-13)19-12-14-1-2-14;/h3-6,14-15H,1-2,7-12,17H2;1H. The predicted octanol–water partition coefficient (Wildman–Crippen LogP) is 2.68. The maximum absolute atomic E-state index is 5.76. The molecule has 1 saturated carbocycles. The van der Waals surface area contributed by atoms with Crippen molar-refractivity contribution >= 4 is 12.4 Å². The summed E-state index contributed by atoms with van der Waals surface area (Å²) < 4.78 is 5.76. The fourth-order valence-electron chi connectivity index (χ4n) is 2.70. The van der Waals surface area contributed by atoms with Crippen molar-refractivity contribution in [3.8, 4) is 5.75 Å². The molecule has 1 unspecified atom stereocenters. The van der Waals surface area contributed by atoms with Crippen molar-refractivity contribution in [3.05, 3.63) is 29.8 Å². The van der Waals surface area contributed by atoms with Crippen LogP contribution in [0.25, 0.3) is 0 Å². The van der Waals surface area contributed by atoms with Gasteiger partial charge in [-0.25, -0.2) is 0 Å². The number of ether oxygens (including phenoxy) is 1. The molecule has 2 fully saturated rings. The molecule has 0 aromatic heterocycles. The van der Waals surface area contributed by atoms with Crippen molar-refractivity contribution in [1.82, 2.24) is 4.90 Å². The summed E-state index contributed by atoms with van der Waals surface area (Å²) in [5, 5.41) is 0. The van der Waals surface area contributed by atoms with E-state index in [1.54, 1.807) is 0 Å². The molecule has 1 aliphatic heterocycles. The predicted molar refractivity (Wildman–Crippen MR) is 84.3 cm³/mol. The summed E-state index contributed by atoms with van der Waals surface area (Å²) >= 11 is 0. The summed E-state index contributed by atoms with van der Waals surface area (Å²) in [6.45, 7) is 5.09. The van der Waals surface area contributed by atoms with Gasteiger partial charge >= 0.3 is 0 Å². The van der Waals surface area contributed by atoms with E-state index in [1.165, 1.54) is 31.4 Å². The molecule has 1 atom stereocenters. The van der Waals surface area contributed by atoms with Gasteiger partial charge in [0.05, 0.1) is 6.61 Å². The lowest BCUT2D eigenvalue weighted by molar-refractivity contribution is 0.298. The molecule has 1 saturated heterocycles. The van der Waals surface area contributed by atoms with Crippen LogP contribution in [-0.2, 0) is 6.54 Å². The fourth-order valence-corrected chi connectivity index (χ4v) is 2.70. The number of hydrogen-bond acceptors (Lipinski definition) is 3. The Bertz CT molecular complexity index is 405. The summed E-state index contributed by atoms with van der Waals surface area (Å²) in [4.78, 5) is 2.50. The van der Waals surface area contributed by atoms with E-state index in [-0.39, 0.29) is 12.4 Å². The molecule has 0 spiro atoms. The molecule has 1 aliphatic carbocycles. The summed E-state index contributed by atoms with van der Waals surface area (Å²) in [6.07, 6.45) is 3.93. The van der Waals surface area contributed by atoms with Crippen LogP contribution in [0, 0.1) is 11.8 Å². The van der Waals surface area contributed by atoms with Crippen molar-refractivity contribution in [3.63, 3.8) is 0 Å². The molecule has 3 nitrogen and oxygen atoms in total. The van der Waals surface area contributed by atoms with E-state index in [4.69, 9.17) is 10.5 Å². The van der Waals surface area contributed by atoms with E-state index in [0.29, 0.717) is 5.92 Å². The maximum atomic E-state index is 5.76. The number of nitrogens with zero attached hydrogens (tertiary/aromatic N) is 1. The number of nitrogens with two attached hydrogens (primary N) is 1. The van der Waals surface area contributed by atoms with Gasteiger partial charge in [-0.1, -0.05) is 12.1 Å². The van der Waals surface area contributed by atoms with E-state index in [0.717, 1.165) is 37.9 Å². The molecule has 20 heavy (non-hydrogen) atoms. The van der Waals surface area contributed by atoms with Crippen LogP contribution in [0.1, 0.15) is 24.8 Å². The second-order valence-electron chi connectivity index (χ2n) is 6.02. The molecule has 2 N–H and O–H groups in total. The van der Waals surface area contributed by atoms with E-state index in [2.05, 4.69) is 29.2 Å². The molecular formula is C16H25ClN2O. The second kappa shape index (κ2) is 7.30. The average Bonchev–Trinajstić information content (AvgIpc) is 3.17. The molecule has 0 amide bonds. The zero-order chi connectivity index (χ0) is 13.1. The van der Waals surface area contributed by atoms with Crippen molar-refractivity contribution in [2.24, 2.45) is 17.6 Å². The third-order valence-corrected chi connectivity index (χ3v) is 4.22. The zero-order valence-electron chi connectivity index (χ0n) is 12.0. The SMILES string of the molecule is Cl.NCC1CCN(Cc2ccc(OCC3CC3)cc2)C1. The molecule has 2 aliphatic rings. The number of likely N-dealkylation sites (tertiary alicyclic amines) is 1. The van der Waals surface area contributed by atoms with Crippen LogP contribution in [0.4, 0.5) is 0 Å². The highest BCUT2D eigenvalue weighted by Crippen LogP contribution is 2.29. The number of rotatable bonds is 6. The topological polar surface area (TPSA) is 38.5 Å². The van der Waals surface area contributed by atoms with Crippen LogP contribution in [-0.4, -0.2) is 31.1 Å². The third kappa shape index (κ3) is 4.37. The fraction of sp³-hybridized carbons (Fsp3) is 0.625. The highest BCUT2D eigenvalue weighted by Gasteiger charge is 2.22. The van der Waals surface area contributed by atoms with Crippen LogP contribution < -0.4 is 10.5 Å². The van der Waals surface area contributed by atoms with Gasteiger partial charge < -0.3 is 10.5 Å². The van der Waals surface area contributed by atoms with E-state index >= 15 is 0 Å². The van der Waals surface area contributed by atoms with Crippen molar-refractivity contribution in [1.29, 1.82) is 0 Å². The summed E-state index contributed by atoms with van der Waals surface area (Å²) in [6, 6.07) is 8.60. The Morgan fingerprint density at radius 2 is 1.85 bits per heavy atom. The third-order valence-electron chi connectivity index (χ3n) is 4.22. The Balaban J connectivity index is 0.00000147. The van der Waals surface area contributed by atoms with Crippen LogP contribution in [0.5, 0.6) is 5.75 Å². The zero-order valence-corrected chi connectivity index (χ0v) is 12.8. The van der Waals surface area contributed by atoms with Gasteiger partial charge in [0.25, 0.3) is 0 Å². The van der Waals surface area contributed by atoms with Gasteiger partial charge in [0.1, 0.15) is 5.75 Å².